The van der Waals surface area contributed by atoms with Crippen molar-refractivity contribution in [1.82, 2.24) is 4.90 Å². The van der Waals surface area contributed by atoms with Gasteiger partial charge in [0, 0.05) is 6.04 Å². The summed E-state index contributed by atoms with van der Waals surface area (Å²) in [5.74, 6) is 0.845. The lowest BCUT2D eigenvalue weighted by molar-refractivity contribution is -0.0355. The molecule has 1 aliphatic heterocycles. The Morgan fingerprint density at radius 1 is 1.05 bits per heavy atom. The molecule has 112 valence electrons. The summed E-state index contributed by atoms with van der Waals surface area (Å²) < 4.78 is 0. The van der Waals surface area contributed by atoms with Gasteiger partial charge in [-0.2, -0.15) is 0 Å². The van der Waals surface area contributed by atoms with Crippen LogP contribution in [-0.4, -0.2) is 35.2 Å². The molecule has 0 aromatic carbocycles. The van der Waals surface area contributed by atoms with Gasteiger partial charge in [-0.25, -0.2) is 0 Å². The van der Waals surface area contributed by atoms with E-state index in [2.05, 4.69) is 39.5 Å². The number of aliphatic hydroxyl groups excluding tert-OH is 1. The van der Waals surface area contributed by atoms with Crippen molar-refractivity contribution in [1.29, 1.82) is 0 Å². The quantitative estimate of drug-likeness (QED) is 0.783. The highest BCUT2D eigenvalue weighted by molar-refractivity contribution is 4.93. The Labute approximate surface area is 119 Å². The molecule has 0 spiro atoms. The number of hydrogen-bond donors (Lipinski definition) is 1. The predicted molar refractivity (Wildman–Crippen MR) is 81.2 cm³/mol. The minimum Gasteiger partial charge on any atom is -0.391 e. The lowest BCUT2D eigenvalue weighted by Crippen LogP contribution is -2.52. The van der Waals surface area contributed by atoms with Crippen molar-refractivity contribution in [3.63, 3.8) is 0 Å². The van der Waals surface area contributed by atoms with Crippen molar-refractivity contribution in [3.8, 4) is 0 Å². The number of rotatable bonds is 1. The zero-order chi connectivity index (χ0) is 14.3. The Balaban J connectivity index is 1.93. The van der Waals surface area contributed by atoms with Crippen LogP contribution in [-0.2, 0) is 0 Å². The summed E-state index contributed by atoms with van der Waals surface area (Å²) >= 11 is 0. The monoisotopic (exact) mass is 267 g/mol. The SMILES string of the molecule is CC1(C)CCC(O)C(N2CCC(C(C)(C)C)CC2)C1. The summed E-state index contributed by atoms with van der Waals surface area (Å²) in [6.07, 6.45) is 5.81. The standard InChI is InChI=1S/C17H33NO/c1-16(2,3)13-7-10-18(11-8-13)14-12-17(4,5)9-6-15(14)19/h13-15,19H,6-12H2,1-5H3. The summed E-state index contributed by atoms with van der Waals surface area (Å²) in [7, 11) is 0. The van der Waals surface area contributed by atoms with Crippen LogP contribution in [0.3, 0.4) is 0 Å². The molecule has 1 N–H and O–H groups in total. The first-order chi connectivity index (χ1) is 8.69. The van der Waals surface area contributed by atoms with Crippen LogP contribution in [0.25, 0.3) is 0 Å². The highest BCUT2D eigenvalue weighted by Crippen LogP contribution is 2.40. The molecule has 2 nitrogen and oxygen atoms in total. The number of piperidine rings is 1. The summed E-state index contributed by atoms with van der Waals surface area (Å²) in [5, 5.41) is 10.3. The molecule has 2 aliphatic rings. The molecule has 2 heteroatoms. The topological polar surface area (TPSA) is 23.5 Å². The summed E-state index contributed by atoms with van der Waals surface area (Å²) in [6, 6.07) is 0.407. The number of aliphatic hydroxyl groups is 1. The van der Waals surface area contributed by atoms with Gasteiger partial charge in [-0.15, -0.1) is 0 Å². The Morgan fingerprint density at radius 3 is 2.16 bits per heavy atom. The average Bonchev–Trinajstić information content (AvgIpc) is 2.31. The van der Waals surface area contributed by atoms with E-state index < -0.39 is 0 Å². The van der Waals surface area contributed by atoms with Crippen LogP contribution < -0.4 is 0 Å². The van der Waals surface area contributed by atoms with Gasteiger partial charge in [0.15, 0.2) is 0 Å². The largest absolute Gasteiger partial charge is 0.391 e. The maximum atomic E-state index is 10.3. The smallest absolute Gasteiger partial charge is 0.0695 e. The van der Waals surface area contributed by atoms with Crippen LogP contribution >= 0.6 is 0 Å². The first kappa shape index (κ1) is 15.3. The van der Waals surface area contributed by atoms with Gasteiger partial charge in [0.25, 0.3) is 0 Å². The molecule has 0 amide bonds. The highest BCUT2D eigenvalue weighted by atomic mass is 16.3. The molecule has 2 unspecified atom stereocenters. The van der Waals surface area contributed by atoms with E-state index in [4.69, 9.17) is 0 Å². The third-order valence-electron chi connectivity index (χ3n) is 5.55. The van der Waals surface area contributed by atoms with E-state index in [9.17, 15) is 5.11 Å². The molecule has 2 rings (SSSR count). The molecule has 0 aromatic heterocycles. The molecule has 0 aromatic rings. The maximum absolute atomic E-state index is 10.3. The van der Waals surface area contributed by atoms with Gasteiger partial charge < -0.3 is 5.11 Å². The van der Waals surface area contributed by atoms with Gasteiger partial charge in [0.05, 0.1) is 6.10 Å². The fourth-order valence-electron chi connectivity index (χ4n) is 4.00. The minimum absolute atomic E-state index is 0.0980. The highest BCUT2D eigenvalue weighted by Gasteiger charge is 2.39. The molecular formula is C17H33NO. The third-order valence-corrected chi connectivity index (χ3v) is 5.55. The molecule has 2 atom stereocenters. The van der Waals surface area contributed by atoms with Gasteiger partial charge >= 0.3 is 0 Å². The van der Waals surface area contributed by atoms with E-state index in [1.165, 1.54) is 32.4 Å². The summed E-state index contributed by atoms with van der Waals surface area (Å²) in [5.41, 5.74) is 0.849. The second kappa shape index (κ2) is 5.37. The first-order valence-electron chi connectivity index (χ1n) is 8.11. The van der Waals surface area contributed by atoms with Crippen molar-refractivity contribution >= 4 is 0 Å². The van der Waals surface area contributed by atoms with Gasteiger partial charge in [-0.05, 0) is 61.9 Å². The summed E-state index contributed by atoms with van der Waals surface area (Å²) in [4.78, 5) is 2.58. The van der Waals surface area contributed by atoms with E-state index >= 15 is 0 Å². The van der Waals surface area contributed by atoms with Crippen LogP contribution in [0.4, 0.5) is 0 Å². The van der Waals surface area contributed by atoms with Crippen molar-refractivity contribution in [2.24, 2.45) is 16.7 Å². The van der Waals surface area contributed by atoms with Gasteiger partial charge in [0.1, 0.15) is 0 Å². The van der Waals surface area contributed by atoms with Crippen LogP contribution in [0.2, 0.25) is 0 Å². The number of hydrogen-bond acceptors (Lipinski definition) is 2. The fourth-order valence-corrected chi connectivity index (χ4v) is 4.00. The van der Waals surface area contributed by atoms with Crippen molar-refractivity contribution in [2.45, 2.75) is 78.9 Å². The van der Waals surface area contributed by atoms with Gasteiger partial charge in [0.2, 0.25) is 0 Å². The Kier molecular flexibility index (Phi) is 4.32. The Bertz CT molecular complexity index is 297. The van der Waals surface area contributed by atoms with E-state index in [1.807, 2.05) is 0 Å². The number of nitrogens with zero attached hydrogens (tertiary/aromatic N) is 1. The molecule has 1 heterocycles. The van der Waals surface area contributed by atoms with E-state index in [0.29, 0.717) is 16.9 Å². The second-order valence-corrected chi connectivity index (χ2v) is 8.72. The lowest BCUT2D eigenvalue weighted by atomic mass is 9.71. The zero-order valence-electron chi connectivity index (χ0n) is 13.6. The van der Waals surface area contributed by atoms with Crippen molar-refractivity contribution in [2.75, 3.05) is 13.1 Å². The molecular weight excluding hydrogens is 234 g/mol. The van der Waals surface area contributed by atoms with E-state index in [1.54, 1.807) is 0 Å². The van der Waals surface area contributed by atoms with Crippen LogP contribution in [0, 0.1) is 16.7 Å². The molecule has 2 fully saturated rings. The molecule has 1 aliphatic carbocycles. The maximum Gasteiger partial charge on any atom is 0.0695 e. The molecule has 1 saturated carbocycles. The average molecular weight is 267 g/mol. The molecule has 0 bridgehead atoms. The zero-order valence-corrected chi connectivity index (χ0v) is 13.6. The van der Waals surface area contributed by atoms with Crippen LogP contribution in [0.5, 0.6) is 0 Å². The second-order valence-electron chi connectivity index (χ2n) is 8.72. The lowest BCUT2D eigenvalue weighted by Gasteiger charge is -2.47. The van der Waals surface area contributed by atoms with Gasteiger partial charge in [-0.3, -0.25) is 4.90 Å². The normalized spacial score (nSPS) is 34.4. The third kappa shape index (κ3) is 3.72. The Morgan fingerprint density at radius 2 is 1.63 bits per heavy atom. The van der Waals surface area contributed by atoms with E-state index in [-0.39, 0.29) is 6.10 Å². The van der Waals surface area contributed by atoms with E-state index in [0.717, 1.165) is 18.8 Å². The minimum atomic E-state index is -0.0980. The first-order valence-corrected chi connectivity index (χ1v) is 8.11. The van der Waals surface area contributed by atoms with Crippen LogP contribution in [0.15, 0.2) is 0 Å². The molecule has 0 radical (unpaired) electrons. The van der Waals surface area contributed by atoms with Crippen molar-refractivity contribution in [3.05, 3.63) is 0 Å². The molecule has 19 heavy (non-hydrogen) atoms. The van der Waals surface area contributed by atoms with Crippen molar-refractivity contribution < 1.29 is 5.11 Å². The fraction of sp³-hybridized carbons (Fsp3) is 1.00. The van der Waals surface area contributed by atoms with Crippen LogP contribution in [0.1, 0.15) is 66.7 Å². The predicted octanol–water partition coefficient (Wildman–Crippen LogP) is 3.68. The number of likely N-dealkylation sites (tertiary alicyclic amines) is 1. The Hall–Kier alpha value is -0.0800. The van der Waals surface area contributed by atoms with Gasteiger partial charge in [-0.1, -0.05) is 34.6 Å². The molecule has 1 saturated heterocycles. The summed E-state index contributed by atoms with van der Waals surface area (Å²) in [6.45, 7) is 14.2.